The summed E-state index contributed by atoms with van der Waals surface area (Å²) in [6.45, 7) is 2.83. The molecule has 1 aliphatic carbocycles. The van der Waals surface area contributed by atoms with Crippen molar-refractivity contribution < 1.29 is 13.2 Å². The molecule has 1 atom stereocenters. The quantitative estimate of drug-likeness (QED) is 0.788. The summed E-state index contributed by atoms with van der Waals surface area (Å²) in [4.78, 5) is 0. The minimum atomic E-state index is -1.39. The molecule has 1 aliphatic rings. The maximum absolute atomic E-state index is 13.3. The molecule has 0 radical (unpaired) electrons. The van der Waals surface area contributed by atoms with Crippen LogP contribution in [0.3, 0.4) is 0 Å². The Hall–Kier alpha value is -1.03. The maximum Gasteiger partial charge on any atom is 0.194 e. The van der Waals surface area contributed by atoms with Gasteiger partial charge in [-0.15, -0.1) is 0 Å². The van der Waals surface area contributed by atoms with Crippen molar-refractivity contribution in [2.45, 2.75) is 38.6 Å². The van der Waals surface area contributed by atoms with Crippen molar-refractivity contribution in [3.05, 3.63) is 35.1 Å². The molecule has 4 heteroatoms. The van der Waals surface area contributed by atoms with Crippen LogP contribution in [0.15, 0.2) is 12.1 Å². The highest BCUT2D eigenvalue weighted by Gasteiger charge is 2.29. The number of halogens is 3. The highest BCUT2D eigenvalue weighted by Crippen LogP contribution is 2.38. The summed E-state index contributed by atoms with van der Waals surface area (Å²) in [7, 11) is 0. The third-order valence-corrected chi connectivity index (χ3v) is 3.60. The van der Waals surface area contributed by atoms with Crippen LogP contribution in [0.4, 0.5) is 13.2 Å². The summed E-state index contributed by atoms with van der Waals surface area (Å²) in [6, 6.07) is 2.16. The van der Waals surface area contributed by atoms with Gasteiger partial charge in [-0.25, -0.2) is 13.2 Å². The molecule has 1 aromatic carbocycles. The fraction of sp³-hybridized carbons (Fsp3) is 0.571. The lowest BCUT2D eigenvalue weighted by Crippen LogP contribution is -2.33. The normalized spacial score (nSPS) is 17.6. The van der Waals surface area contributed by atoms with Crippen LogP contribution in [0.1, 0.15) is 44.2 Å². The predicted molar refractivity (Wildman–Crippen MR) is 64.7 cm³/mol. The molecular formula is C14H18F3N. The van der Waals surface area contributed by atoms with Crippen LogP contribution < -0.4 is 5.32 Å². The van der Waals surface area contributed by atoms with Crippen LogP contribution in [0.25, 0.3) is 0 Å². The van der Waals surface area contributed by atoms with E-state index in [1.807, 2.05) is 6.92 Å². The van der Waals surface area contributed by atoms with Gasteiger partial charge in [0.05, 0.1) is 0 Å². The largest absolute Gasteiger partial charge is 0.310 e. The van der Waals surface area contributed by atoms with Gasteiger partial charge in [0.1, 0.15) is 0 Å². The van der Waals surface area contributed by atoms with E-state index in [0.29, 0.717) is 11.5 Å². The van der Waals surface area contributed by atoms with Crippen molar-refractivity contribution in [2.24, 2.45) is 5.92 Å². The molecule has 0 saturated heterocycles. The molecule has 0 aromatic heterocycles. The van der Waals surface area contributed by atoms with Crippen molar-refractivity contribution in [3.63, 3.8) is 0 Å². The molecule has 1 aromatic rings. The monoisotopic (exact) mass is 257 g/mol. The van der Waals surface area contributed by atoms with Gasteiger partial charge in [-0.1, -0.05) is 13.3 Å². The third-order valence-electron chi connectivity index (χ3n) is 3.60. The van der Waals surface area contributed by atoms with Gasteiger partial charge in [0.2, 0.25) is 0 Å². The van der Waals surface area contributed by atoms with Crippen LogP contribution in [0.2, 0.25) is 0 Å². The zero-order valence-corrected chi connectivity index (χ0v) is 10.5. The van der Waals surface area contributed by atoms with Gasteiger partial charge < -0.3 is 5.32 Å². The minimum Gasteiger partial charge on any atom is -0.310 e. The average molecular weight is 257 g/mol. The van der Waals surface area contributed by atoms with Gasteiger partial charge in [0, 0.05) is 6.04 Å². The van der Waals surface area contributed by atoms with Gasteiger partial charge >= 0.3 is 0 Å². The zero-order chi connectivity index (χ0) is 13.1. The molecule has 1 saturated carbocycles. The van der Waals surface area contributed by atoms with Crippen molar-refractivity contribution in [2.75, 3.05) is 6.54 Å². The van der Waals surface area contributed by atoms with Gasteiger partial charge in [0.15, 0.2) is 17.5 Å². The molecule has 18 heavy (non-hydrogen) atoms. The van der Waals surface area contributed by atoms with E-state index in [9.17, 15) is 13.2 Å². The smallest absolute Gasteiger partial charge is 0.194 e. The molecule has 2 rings (SSSR count). The second-order valence-corrected chi connectivity index (χ2v) is 4.92. The van der Waals surface area contributed by atoms with Crippen LogP contribution in [-0.2, 0) is 0 Å². The summed E-state index contributed by atoms with van der Waals surface area (Å²) in [5, 5.41) is 3.31. The number of benzene rings is 1. The topological polar surface area (TPSA) is 12.0 Å². The van der Waals surface area contributed by atoms with E-state index in [4.69, 9.17) is 0 Å². The van der Waals surface area contributed by atoms with Crippen molar-refractivity contribution in [1.29, 1.82) is 0 Å². The summed E-state index contributed by atoms with van der Waals surface area (Å²) in [6.07, 6.45) is 4.22. The Labute approximate surface area is 105 Å². The minimum absolute atomic E-state index is 0.0664. The predicted octanol–water partition coefficient (Wildman–Crippen LogP) is 3.94. The summed E-state index contributed by atoms with van der Waals surface area (Å²) in [5.41, 5.74) is 0.518. The number of nitrogens with one attached hydrogen (secondary N) is 1. The molecule has 0 amide bonds. The van der Waals surface area contributed by atoms with Crippen molar-refractivity contribution in [1.82, 2.24) is 5.32 Å². The number of rotatable bonds is 5. The molecule has 0 bridgehead atoms. The highest BCUT2D eigenvalue weighted by atomic mass is 19.2. The Bertz CT molecular complexity index is 392. The second kappa shape index (κ2) is 5.74. The Morgan fingerprint density at radius 3 is 2.28 bits per heavy atom. The zero-order valence-electron chi connectivity index (χ0n) is 10.5. The van der Waals surface area contributed by atoms with Gasteiger partial charge in [0.25, 0.3) is 0 Å². The van der Waals surface area contributed by atoms with E-state index in [1.165, 1.54) is 0 Å². The Balaban J connectivity index is 2.23. The standard InChI is InChI=1S/C14H18F3N/c1-2-6-18-14(9-4-3-5-9)10-7-11(15)13(17)12(16)8-10/h7-9,14,18H,2-6H2,1H3. The lowest BCUT2D eigenvalue weighted by atomic mass is 9.77. The summed E-state index contributed by atoms with van der Waals surface area (Å²) in [5.74, 6) is -3.19. The fourth-order valence-electron chi connectivity index (χ4n) is 2.38. The lowest BCUT2D eigenvalue weighted by Gasteiger charge is -2.35. The van der Waals surface area contributed by atoms with Crippen molar-refractivity contribution in [3.8, 4) is 0 Å². The average Bonchev–Trinajstić information content (AvgIpc) is 2.28. The van der Waals surface area contributed by atoms with E-state index >= 15 is 0 Å². The van der Waals surface area contributed by atoms with Gasteiger partial charge in [-0.05, 0) is 49.4 Å². The molecule has 0 aliphatic heterocycles. The number of hydrogen-bond acceptors (Lipinski definition) is 1. The first-order valence-electron chi connectivity index (χ1n) is 6.51. The highest BCUT2D eigenvalue weighted by molar-refractivity contribution is 5.24. The van der Waals surface area contributed by atoms with Gasteiger partial charge in [-0.2, -0.15) is 0 Å². The first-order chi connectivity index (χ1) is 8.63. The maximum atomic E-state index is 13.3. The summed E-state index contributed by atoms with van der Waals surface area (Å²) < 4.78 is 39.5. The Kier molecular flexibility index (Phi) is 4.27. The third kappa shape index (κ3) is 2.69. The molecule has 100 valence electrons. The molecule has 0 heterocycles. The fourth-order valence-corrected chi connectivity index (χ4v) is 2.38. The summed E-state index contributed by atoms with van der Waals surface area (Å²) >= 11 is 0. The van der Waals surface area contributed by atoms with Crippen molar-refractivity contribution >= 4 is 0 Å². The lowest BCUT2D eigenvalue weighted by molar-refractivity contribution is 0.230. The Morgan fingerprint density at radius 2 is 1.83 bits per heavy atom. The molecule has 1 unspecified atom stereocenters. The van der Waals surface area contributed by atoms with Crippen LogP contribution in [0, 0.1) is 23.4 Å². The van der Waals surface area contributed by atoms with Crippen LogP contribution >= 0.6 is 0 Å². The Morgan fingerprint density at radius 1 is 1.22 bits per heavy atom. The first-order valence-corrected chi connectivity index (χ1v) is 6.51. The van der Waals surface area contributed by atoms with Crippen LogP contribution in [0.5, 0.6) is 0 Å². The molecular weight excluding hydrogens is 239 g/mol. The molecule has 1 fully saturated rings. The van der Waals surface area contributed by atoms with E-state index in [2.05, 4.69) is 5.32 Å². The second-order valence-electron chi connectivity index (χ2n) is 4.92. The molecule has 0 spiro atoms. The van der Waals surface area contributed by atoms with E-state index in [-0.39, 0.29) is 6.04 Å². The molecule has 1 nitrogen and oxygen atoms in total. The van der Waals surface area contributed by atoms with Crippen LogP contribution in [-0.4, -0.2) is 6.54 Å². The van der Waals surface area contributed by atoms with E-state index in [0.717, 1.165) is 44.4 Å². The van der Waals surface area contributed by atoms with E-state index in [1.54, 1.807) is 0 Å². The SMILES string of the molecule is CCCNC(c1cc(F)c(F)c(F)c1)C1CCC1. The van der Waals surface area contributed by atoms with E-state index < -0.39 is 17.5 Å². The first kappa shape index (κ1) is 13.4. The van der Waals surface area contributed by atoms with Gasteiger partial charge in [-0.3, -0.25) is 0 Å². The molecule has 1 N–H and O–H groups in total. The number of hydrogen-bond donors (Lipinski definition) is 1.